The molecule has 0 spiro atoms. The van der Waals surface area contributed by atoms with Crippen LogP contribution in [0.2, 0.25) is 0 Å². The molecule has 2 aliphatic heterocycles. The number of nitrogens with one attached hydrogen (secondary N) is 2. The van der Waals surface area contributed by atoms with Crippen molar-refractivity contribution < 1.29 is 9.53 Å². The number of nitrogens with zero attached hydrogens (tertiary/aromatic N) is 1. The van der Waals surface area contributed by atoms with E-state index in [4.69, 9.17) is 4.74 Å². The second-order valence-corrected chi connectivity index (χ2v) is 6.08. The number of hydrogen-bond acceptors (Lipinski definition) is 4. The maximum absolute atomic E-state index is 12.0. The maximum Gasteiger partial charge on any atom is 0.237 e. The van der Waals surface area contributed by atoms with E-state index < -0.39 is 0 Å². The first-order valence-corrected chi connectivity index (χ1v) is 8.20. The SMILES string of the molecule is O=C(NCc1cccc(CN2CCOCC2)c1)C1CCCN1. The molecule has 0 saturated carbocycles. The molecule has 5 heteroatoms. The summed E-state index contributed by atoms with van der Waals surface area (Å²) in [6.07, 6.45) is 2.04. The van der Waals surface area contributed by atoms with Crippen LogP contribution in [-0.2, 0) is 22.6 Å². The van der Waals surface area contributed by atoms with Crippen molar-refractivity contribution in [2.24, 2.45) is 0 Å². The van der Waals surface area contributed by atoms with Crippen LogP contribution >= 0.6 is 0 Å². The minimum Gasteiger partial charge on any atom is -0.379 e. The smallest absolute Gasteiger partial charge is 0.237 e. The number of benzene rings is 1. The molecule has 0 radical (unpaired) electrons. The standard InChI is InChI=1S/C17H25N3O2/c21-17(16-5-2-6-18-16)19-12-14-3-1-4-15(11-14)13-20-7-9-22-10-8-20/h1,3-4,11,16,18H,2,5-10,12-13H2,(H,19,21). The van der Waals surface area contributed by atoms with Gasteiger partial charge in [-0.3, -0.25) is 9.69 Å². The Kier molecular flexibility index (Phi) is 5.43. The van der Waals surface area contributed by atoms with Crippen LogP contribution in [0.1, 0.15) is 24.0 Å². The van der Waals surface area contributed by atoms with Gasteiger partial charge >= 0.3 is 0 Å². The molecule has 120 valence electrons. The van der Waals surface area contributed by atoms with Gasteiger partial charge in [-0.1, -0.05) is 24.3 Å². The van der Waals surface area contributed by atoms with Gasteiger partial charge in [-0.05, 0) is 30.5 Å². The van der Waals surface area contributed by atoms with Gasteiger partial charge < -0.3 is 15.4 Å². The highest BCUT2D eigenvalue weighted by atomic mass is 16.5. The summed E-state index contributed by atoms with van der Waals surface area (Å²) in [4.78, 5) is 14.4. The van der Waals surface area contributed by atoms with E-state index >= 15 is 0 Å². The van der Waals surface area contributed by atoms with Gasteiger partial charge in [0.1, 0.15) is 0 Å². The van der Waals surface area contributed by atoms with Crippen molar-refractivity contribution in [3.05, 3.63) is 35.4 Å². The van der Waals surface area contributed by atoms with Crippen LogP contribution in [0.25, 0.3) is 0 Å². The fraction of sp³-hybridized carbons (Fsp3) is 0.588. The van der Waals surface area contributed by atoms with Crippen LogP contribution in [-0.4, -0.2) is 49.7 Å². The molecule has 5 nitrogen and oxygen atoms in total. The van der Waals surface area contributed by atoms with Gasteiger partial charge in [0.05, 0.1) is 19.3 Å². The van der Waals surface area contributed by atoms with Crippen molar-refractivity contribution in [1.29, 1.82) is 0 Å². The number of carbonyl (C=O) groups excluding carboxylic acids is 1. The Hall–Kier alpha value is -1.43. The molecular formula is C17H25N3O2. The highest BCUT2D eigenvalue weighted by Gasteiger charge is 2.21. The van der Waals surface area contributed by atoms with E-state index in [0.717, 1.165) is 57.8 Å². The first kappa shape index (κ1) is 15.5. The Morgan fingerprint density at radius 1 is 1.32 bits per heavy atom. The van der Waals surface area contributed by atoms with Crippen molar-refractivity contribution in [2.45, 2.75) is 32.0 Å². The number of rotatable bonds is 5. The van der Waals surface area contributed by atoms with Crippen LogP contribution in [0.15, 0.2) is 24.3 Å². The molecule has 1 unspecified atom stereocenters. The third-order valence-corrected chi connectivity index (χ3v) is 4.34. The van der Waals surface area contributed by atoms with E-state index in [1.54, 1.807) is 0 Å². The van der Waals surface area contributed by atoms with Crippen molar-refractivity contribution in [3.8, 4) is 0 Å². The normalized spacial score (nSPS) is 22.6. The Balaban J connectivity index is 1.50. The van der Waals surface area contributed by atoms with Crippen molar-refractivity contribution >= 4 is 5.91 Å². The molecule has 1 atom stereocenters. The zero-order chi connectivity index (χ0) is 15.2. The van der Waals surface area contributed by atoms with E-state index in [1.165, 1.54) is 5.56 Å². The Morgan fingerprint density at radius 3 is 2.91 bits per heavy atom. The summed E-state index contributed by atoms with van der Waals surface area (Å²) < 4.78 is 5.38. The molecule has 2 N–H and O–H groups in total. The summed E-state index contributed by atoms with van der Waals surface area (Å²) in [5.41, 5.74) is 2.46. The molecule has 0 aromatic heterocycles. The van der Waals surface area contributed by atoms with Gasteiger partial charge in [0.25, 0.3) is 0 Å². The molecule has 0 bridgehead atoms. The van der Waals surface area contributed by atoms with Crippen LogP contribution in [0, 0.1) is 0 Å². The molecule has 2 fully saturated rings. The second-order valence-electron chi connectivity index (χ2n) is 6.08. The molecule has 1 aromatic rings. The first-order valence-electron chi connectivity index (χ1n) is 8.20. The lowest BCUT2D eigenvalue weighted by atomic mass is 10.1. The van der Waals surface area contributed by atoms with Crippen LogP contribution < -0.4 is 10.6 Å². The highest BCUT2D eigenvalue weighted by Crippen LogP contribution is 2.10. The lowest BCUT2D eigenvalue weighted by molar-refractivity contribution is -0.122. The van der Waals surface area contributed by atoms with E-state index in [-0.39, 0.29) is 11.9 Å². The Labute approximate surface area is 132 Å². The lowest BCUT2D eigenvalue weighted by Gasteiger charge is -2.26. The monoisotopic (exact) mass is 303 g/mol. The molecule has 1 amide bonds. The van der Waals surface area contributed by atoms with Crippen LogP contribution in [0.3, 0.4) is 0 Å². The average Bonchev–Trinajstić information content (AvgIpc) is 3.08. The zero-order valence-electron chi connectivity index (χ0n) is 13.0. The third kappa shape index (κ3) is 4.29. The quantitative estimate of drug-likeness (QED) is 0.848. The Morgan fingerprint density at radius 2 is 2.14 bits per heavy atom. The van der Waals surface area contributed by atoms with Gasteiger partial charge in [0, 0.05) is 26.2 Å². The largest absolute Gasteiger partial charge is 0.379 e. The average molecular weight is 303 g/mol. The molecule has 2 aliphatic rings. The Bertz CT molecular complexity index is 494. The summed E-state index contributed by atoms with van der Waals surface area (Å²) in [5, 5.41) is 6.26. The van der Waals surface area contributed by atoms with E-state index in [9.17, 15) is 4.79 Å². The topological polar surface area (TPSA) is 53.6 Å². The molecule has 2 heterocycles. The summed E-state index contributed by atoms with van der Waals surface area (Å²) in [7, 11) is 0. The van der Waals surface area contributed by atoms with E-state index in [0.29, 0.717) is 6.54 Å². The molecule has 2 saturated heterocycles. The molecule has 0 aliphatic carbocycles. The molecule has 3 rings (SSSR count). The first-order chi connectivity index (χ1) is 10.8. The summed E-state index contributed by atoms with van der Waals surface area (Å²) in [6, 6.07) is 8.49. The third-order valence-electron chi connectivity index (χ3n) is 4.34. The minimum absolute atomic E-state index is 0.00321. The van der Waals surface area contributed by atoms with Crippen LogP contribution in [0.4, 0.5) is 0 Å². The number of carbonyl (C=O) groups is 1. The fourth-order valence-corrected chi connectivity index (χ4v) is 3.08. The fourth-order valence-electron chi connectivity index (χ4n) is 3.08. The molecule has 22 heavy (non-hydrogen) atoms. The van der Waals surface area contributed by atoms with Crippen molar-refractivity contribution in [1.82, 2.24) is 15.5 Å². The van der Waals surface area contributed by atoms with Gasteiger partial charge in [0.15, 0.2) is 0 Å². The summed E-state index contributed by atoms with van der Waals surface area (Å²) in [6.45, 7) is 6.15. The van der Waals surface area contributed by atoms with Gasteiger partial charge in [-0.2, -0.15) is 0 Å². The number of amides is 1. The predicted octanol–water partition coefficient (Wildman–Crippen LogP) is 0.887. The highest BCUT2D eigenvalue weighted by molar-refractivity contribution is 5.81. The van der Waals surface area contributed by atoms with Crippen molar-refractivity contribution in [2.75, 3.05) is 32.8 Å². The van der Waals surface area contributed by atoms with Crippen LogP contribution in [0.5, 0.6) is 0 Å². The van der Waals surface area contributed by atoms with Gasteiger partial charge in [0.2, 0.25) is 5.91 Å². The molecular weight excluding hydrogens is 278 g/mol. The lowest BCUT2D eigenvalue weighted by Crippen LogP contribution is -2.40. The van der Waals surface area contributed by atoms with Gasteiger partial charge in [-0.15, -0.1) is 0 Å². The van der Waals surface area contributed by atoms with E-state index in [2.05, 4.69) is 39.8 Å². The maximum atomic E-state index is 12.0. The second kappa shape index (κ2) is 7.72. The number of hydrogen-bond donors (Lipinski definition) is 2. The van der Waals surface area contributed by atoms with Crippen molar-refractivity contribution in [3.63, 3.8) is 0 Å². The number of morpholine rings is 1. The zero-order valence-corrected chi connectivity index (χ0v) is 13.0. The summed E-state index contributed by atoms with van der Waals surface area (Å²) >= 11 is 0. The molecule has 1 aromatic carbocycles. The van der Waals surface area contributed by atoms with E-state index in [1.807, 2.05) is 0 Å². The van der Waals surface area contributed by atoms with Gasteiger partial charge in [-0.25, -0.2) is 0 Å². The summed E-state index contributed by atoms with van der Waals surface area (Å²) in [5.74, 6) is 0.121. The predicted molar refractivity (Wildman–Crippen MR) is 85.4 cm³/mol. The number of ether oxygens (including phenoxy) is 1. The minimum atomic E-state index is -0.00321.